The van der Waals surface area contributed by atoms with Crippen LogP contribution in [0.3, 0.4) is 0 Å². The molecule has 1 rings (SSSR count). The number of alkyl halides is 6. The minimum atomic E-state index is -6.30. The van der Waals surface area contributed by atoms with Crippen molar-refractivity contribution in [2.45, 2.75) is 18.2 Å². The van der Waals surface area contributed by atoms with E-state index in [-0.39, 0.29) is 24.3 Å². The van der Waals surface area contributed by atoms with Crippen molar-refractivity contribution in [2.24, 2.45) is 0 Å². The molecule has 1 aromatic rings. The third-order valence-corrected chi connectivity index (χ3v) is 2.33. The molecule has 0 radical (unpaired) electrons. The highest BCUT2D eigenvalue weighted by Gasteiger charge is 2.52. The van der Waals surface area contributed by atoms with E-state index in [0.29, 0.717) is 0 Å². The van der Waals surface area contributed by atoms with E-state index in [0.717, 1.165) is 0 Å². The van der Waals surface area contributed by atoms with Gasteiger partial charge in [0.2, 0.25) is 0 Å². The zero-order valence-corrected chi connectivity index (χ0v) is 8.87. The molecule has 0 spiro atoms. The van der Waals surface area contributed by atoms with E-state index in [1.165, 1.54) is 0 Å². The molecule has 0 nitrogen and oxygen atoms in total. The van der Waals surface area contributed by atoms with Crippen LogP contribution in [0.25, 0.3) is 0 Å². The molecule has 0 amide bonds. The van der Waals surface area contributed by atoms with Crippen LogP contribution in [-0.2, 0) is 6.18 Å². The van der Waals surface area contributed by atoms with Crippen LogP contribution in [-0.4, -0.2) is 13.2 Å². The molecule has 108 valence electrons. The van der Waals surface area contributed by atoms with Crippen molar-refractivity contribution in [3.05, 3.63) is 35.4 Å². The molecule has 0 bridgehead atoms. The van der Waals surface area contributed by atoms with Gasteiger partial charge in [0.25, 0.3) is 0 Å². The van der Waals surface area contributed by atoms with Crippen molar-refractivity contribution in [2.75, 3.05) is 0 Å². The van der Waals surface area contributed by atoms with E-state index in [2.05, 4.69) is 0 Å². The SMILES string of the molecule is F[B-](F)(F)C(c1ccc(C(F)(F)F)cc1)C(F)(F)F. The number of halogens is 9. The topological polar surface area (TPSA) is 0 Å². The van der Waals surface area contributed by atoms with Crippen LogP contribution in [0.5, 0.6) is 0 Å². The molecule has 0 aliphatic rings. The summed E-state index contributed by atoms with van der Waals surface area (Å²) >= 11 is 0. The van der Waals surface area contributed by atoms with Crippen molar-refractivity contribution >= 4 is 6.98 Å². The summed E-state index contributed by atoms with van der Waals surface area (Å²) in [6.45, 7) is -6.30. The second-order valence-corrected chi connectivity index (χ2v) is 3.76. The molecule has 1 aromatic carbocycles. The Labute approximate surface area is 101 Å². The largest absolute Gasteiger partial charge is 0.494 e. The van der Waals surface area contributed by atoms with Gasteiger partial charge in [-0.25, -0.2) is 0 Å². The van der Waals surface area contributed by atoms with Gasteiger partial charge < -0.3 is 12.9 Å². The van der Waals surface area contributed by atoms with Gasteiger partial charge in [-0.2, -0.15) is 26.3 Å². The van der Waals surface area contributed by atoms with Gasteiger partial charge in [0.05, 0.1) is 5.56 Å². The highest BCUT2D eigenvalue weighted by molar-refractivity contribution is 6.60. The lowest BCUT2D eigenvalue weighted by molar-refractivity contribution is -0.139. The molecule has 1 atom stereocenters. The second-order valence-electron chi connectivity index (χ2n) is 3.76. The number of hydrogen-bond acceptors (Lipinski definition) is 0. The monoisotopic (exact) mass is 295 g/mol. The Bertz CT molecular complexity index is 411. The van der Waals surface area contributed by atoms with Crippen LogP contribution in [0.1, 0.15) is 16.9 Å². The maximum atomic E-state index is 12.4. The van der Waals surface area contributed by atoms with Crippen LogP contribution in [0.15, 0.2) is 24.3 Å². The summed E-state index contributed by atoms with van der Waals surface area (Å²) < 4.78 is 110. The lowest BCUT2D eigenvalue weighted by Gasteiger charge is -2.29. The van der Waals surface area contributed by atoms with Crippen molar-refractivity contribution in [1.82, 2.24) is 0 Å². The highest BCUT2D eigenvalue weighted by atomic mass is 19.4. The van der Waals surface area contributed by atoms with Gasteiger partial charge in [-0.15, -0.1) is 0 Å². The number of benzene rings is 1. The van der Waals surface area contributed by atoms with Crippen molar-refractivity contribution in [3.8, 4) is 0 Å². The molecule has 19 heavy (non-hydrogen) atoms. The third kappa shape index (κ3) is 3.81. The summed E-state index contributed by atoms with van der Waals surface area (Å²) in [7, 11) is 0. The van der Waals surface area contributed by atoms with Crippen molar-refractivity contribution < 1.29 is 39.3 Å². The Balaban J connectivity index is 3.20. The molecule has 0 heterocycles. The molecule has 0 aliphatic heterocycles. The molecule has 0 aromatic heterocycles. The first kappa shape index (κ1) is 15.7. The van der Waals surface area contributed by atoms with Gasteiger partial charge in [-0.3, -0.25) is 0 Å². The van der Waals surface area contributed by atoms with Gasteiger partial charge in [0.15, 0.2) is 0 Å². The minimum absolute atomic E-state index is 0.190. The number of rotatable bonds is 2. The summed E-state index contributed by atoms with van der Waals surface area (Å²) in [6, 6.07) is 0.762. The summed E-state index contributed by atoms with van der Waals surface area (Å²) in [5, 5.41) is 0. The second kappa shape index (κ2) is 4.64. The molecule has 0 fully saturated rings. The van der Waals surface area contributed by atoms with Gasteiger partial charge in [-0.1, -0.05) is 17.7 Å². The van der Waals surface area contributed by atoms with Crippen LogP contribution in [0.4, 0.5) is 39.3 Å². The lowest BCUT2D eigenvalue weighted by Crippen LogP contribution is -2.38. The van der Waals surface area contributed by atoms with Crippen molar-refractivity contribution in [3.63, 3.8) is 0 Å². The normalized spacial score (nSPS) is 15.4. The smallest absolute Gasteiger partial charge is 0.448 e. The predicted octanol–water partition coefficient (Wildman–Crippen LogP) is 4.74. The Morgan fingerprint density at radius 2 is 1.21 bits per heavy atom. The van der Waals surface area contributed by atoms with E-state index in [1.54, 1.807) is 0 Å². The summed E-state index contributed by atoms with van der Waals surface area (Å²) in [6.07, 6.45) is -10.4. The Morgan fingerprint density at radius 1 is 0.789 bits per heavy atom. The summed E-state index contributed by atoms with van der Waals surface area (Å²) in [5.74, 6) is -3.74. The van der Waals surface area contributed by atoms with Crippen LogP contribution >= 0.6 is 0 Å². The van der Waals surface area contributed by atoms with Gasteiger partial charge in [0, 0.05) is 5.82 Å². The number of hydrogen-bond donors (Lipinski definition) is 0. The van der Waals surface area contributed by atoms with Crippen LogP contribution < -0.4 is 0 Å². The predicted molar refractivity (Wildman–Crippen MR) is 49.3 cm³/mol. The van der Waals surface area contributed by atoms with E-state index in [1.807, 2.05) is 0 Å². The first-order chi connectivity index (χ1) is 8.33. The summed E-state index contributed by atoms with van der Waals surface area (Å²) in [5.41, 5.74) is -2.57. The molecule has 0 saturated carbocycles. The maximum Gasteiger partial charge on any atom is 0.494 e. The van der Waals surface area contributed by atoms with Gasteiger partial charge in [-0.05, 0) is 12.1 Å². The quantitative estimate of drug-likeness (QED) is 0.546. The molecule has 0 N–H and O–H groups in total. The van der Waals surface area contributed by atoms with Gasteiger partial charge >= 0.3 is 19.3 Å². The molecular formula is C9H5BF9-. The maximum absolute atomic E-state index is 12.4. The Hall–Kier alpha value is -1.35. The Kier molecular flexibility index (Phi) is 3.84. The summed E-state index contributed by atoms with van der Waals surface area (Å²) in [4.78, 5) is 0. The molecule has 1 unspecified atom stereocenters. The van der Waals surface area contributed by atoms with Crippen LogP contribution in [0, 0.1) is 0 Å². The average molecular weight is 295 g/mol. The van der Waals surface area contributed by atoms with E-state index >= 15 is 0 Å². The highest BCUT2D eigenvalue weighted by Crippen LogP contribution is 2.44. The molecule has 10 heteroatoms. The van der Waals surface area contributed by atoms with E-state index in [4.69, 9.17) is 0 Å². The molecule has 0 saturated heterocycles. The minimum Gasteiger partial charge on any atom is -0.448 e. The van der Waals surface area contributed by atoms with Crippen molar-refractivity contribution in [1.29, 1.82) is 0 Å². The average Bonchev–Trinajstić information content (AvgIpc) is 2.12. The lowest BCUT2D eigenvalue weighted by atomic mass is 9.68. The zero-order valence-electron chi connectivity index (χ0n) is 8.87. The third-order valence-electron chi connectivity index (χ3n) is 2.33. The Morgan fingerprint density at radius 3 is 1.47 bits per heavy atom. The van der Waals surface area contributed by atoms with Gasteiger partial charge in [0.1, 0.15) is 0 Å². The standard InChI is InChI=1S/C9H5BF9/c11-8(12,13)6-3-1-5(2-4-6)7(9(14,15)16)10(17,18)19/h1-4,7H/q-1. The molecular weight excluding hydrogens is 290 g/mol. The first-order valence-corrected chi connectivity index (χ1v) is 4.77. The van der Waals surface area contributed by atoms with Crippen LogP contribution in [0.2, 0.25) is 0 Å². The fourth-order valence-electron chi connectivity index (χ4n) is 1.50. The fourth-order valence-corrected chi connectivity index (χ4v) is 1.50. The van der Waals surface area contributed by atoms with E-state index < -0.39 is 36.3 Å². The fraction of sp³-hybridized carbons (Fsp3) is 0.333. The zero-order chi connectivity index (χ0) is 15.1. The molecule has 0 aliphatic carbocycles. The first-order valence-electron chi connectivity index (χ1n) is 4.77. The van der Waals surface area contributed by atoms with E-state index in [9.17, 15) is 39.3 Å².